The number of benzene rings is 1. The molecule has 0 atom stereocenters. The van der Waals surface area contributed by atoms with E-state index in [4.69, 9.17) is 25.6 Å². The van der Waals surface area contributed by atoms with Gasteiger partial charge in [-0.2, -0.15) is 8.42 Å². The molecule has 1 aliphatic carbocycles. The second kappa shape index (κ2) is 8.86. The van der Waals surface area contributed by atoms with Gasteiger partial charge in [-0.3, -0.25) is 4.55 Å². The topological polar surface area (TPSA) is 132 Å². The van der Waals surface area contributed by atoms with Gasteiger partial charge in [0, 0.05) is 26.0 Å². The number of ether oxygens (including phenoxy) is 2. The molecule has 1 aromatic carbocycles. The van der Waals surface area contributed by atoms with Crippen molar-refractivity contribution < 1.29 is 31.1 Å². The van der Waals surface area contributed by atoms with Crippen LogP contribution in [0.2, 0.25) is 5.15 Å². The lowest BCUT2D eigenvalue weighted by Crippen LogP contribution is -2.38. The highest BCUT2D eigenvalue weighted by Crippen LogP contribution is 2.34. The third-order valence-corrected chi connectivity index (χ3v) is 4.61. The molecule has 2 N–H and O–H groups in total. The molecule has 1 heterocycles. The van der Waals surface area contributed by atoms with E-state index in [1.165, 1.54) is 18.2 Å². The van der Waals surface area contributed by atoms with Gasteiger partial charge in [0.05, 0.1) is 23.6 Å². The van der Waals surface area contributed by atoms with Crippen molar-refractivity contribution in [2.24, 2.45) is 5.16 Å². The molecule has 3 rings (SSSR count). The Balaban J connectivity index is 1.84. The Kier molecular flexibility index (Phi) is 6.47. The summed E-state index contributed by atoms with van der Waals surface area (Å²) in [5.74, 6) is -0.124. The zero-order valence-corrected chi connectivity index (χ0v) is 16.5. The second-order valence-electron chi connectivity index (χ2n) is 6.00. The number of nitrogens with one attached hydrogen (secondary N) is 1. The molecule has 0 radical (unpaired) electrons. The number of aromatic nitrogens is 2. The molecule has 1 saturated carbocycles. The molecule has 0 aliphatic heterocycles. The quantitative estimate of drug-likeness (QED) is 0.272. The van der Waals surface area contributed by atoms with Crippen LogP contribution in [0, 0.1) is 5.82 Å². The minimum absolute atomic E-state index is 0.0659. The molecule has 1 aromatic heterocycles. The largest absolute Gasteiger partial charge is 0.488 e. The first-order chi connectivity index (χ1) is 13.7. The summed E-state index contributed by atoms with van der Waals surface area (Å²) < 4.78 is 58.5. The highest BCUT2D eigenvalue weighted by atomic mass is 35.5. The van der Waals surface area contributed by atoms with Gasteiger partial charge in [0.1, 0.15) is 35.0 Å². The van der Waals surface area contributed by atoms with Crippen molar-refractivity contribution in [2.45, 2.75) is 25.0 Å². The van der Waals surface area contributed by atoms with Gasteiger partial charge in [-0.05, 0) is 12.1 Å². The standard InChI is InChI=1S/C16H16ClFN4O6S/c1-26-10-5-11(6-10)27-14-4-9(18)2-3-13(14)22-16-12(15(17)19-8-20-16)7-21-28-29(23,24)25/h2-4,7-8,10-11H,5-6H2,1H3,(H,19,20,22)(H,23,24,25)/b21-7+. The second-order valence-corrected chi connectivity index (χ2v) is 7.36. The molecule has 0 spiro atoms. The zero-order valence-electron chi connectivity index (χ0n) is 14.9. The van der Waals surface area contributed by atoms with Crippen molar-refractivity contribution in [1.82, 2.24) is 9.97 Å². The third-order valence-electron chi connectivity index (χ3n) is 4.03. The van der Waals surface area contributed by atoms with Gasteiger partial charge in [0.25, 0.3) is 0 Å². The lowest BCUT2D eigenvalue weighted by Gasteiger charge is -2.34. The lowest BCUT2D eigenvalue weighted by atomic mass is 9.92. The summed E-state index contributed by atoms with van der Waals surface area (Å²) in [4.78, 5) is 7.79. The van der Waals surface area contributed by atoms with E-state index in [0.29, 0.717) is 18.5 Å². The van der Waals surface area contributed by atoms with E-state index in [1.807, 2.05) is 0 Å². The van der Waals surface area contributed by atoms with Gasteiger partial charge >= 0.3 is 10.4 Å². The van der Waals surface area contributed by atoms with Gasteiger partial charge in [-0.25, -0.2) is 18.6 Å². The van der Waals surface area contributed by atoms with Crippen LogP contribution in [-0.4, -0.2) is 48.5 Å². The molecular formula is C16H16ClFN4O6S. The minimum Gasteiger partial charge on any atom is -0.488 e. The maximum Gasteiger partial charge on any atom is 0.466 e. The predicted molar refractivity (Wildman–Crippen MR) is 101 cm³/mol. The highest BCUT2D eigenvalue weighted by molar-refractivity contribution is 7.80. The summed E-state index contributed by atoms with van der Waals surface area (Å²) >= 11 is 6.00. The van der Waals surface area contributed by atoms with E-state index in [0.717, 1.165) is 12.5 Å². The fourth-order valence-electron chi connectivity index (χ4n) is 2.53. The zero-order chi connectivity index (χ0) is 21.0. The average molecular weight is 447 g/mol. The van der Waals surface area contributed by atoms with Gasteiger partial charge in [0.2, 0.25) is 0 Å². The molecule has 156 valence electrons. The van der Waals surface area contributed by atoms with E-state index < -0.39 is 16.2 Å². The number of oxime groups is 1. The van der Waals surface area contributed by atoms with Crippen molar-refractivity contribution >= 4 is 39.7 Å². The number of anilines is 2. The highest BCUT2D eigenvalue weighted by Gasteiger charge is 2.31. The normalized spacial score (nSPS) is 19.0. The molecule has 0 amide bonds. The van der Waals surface area contributed by atoms with E-state index >= 15 is 0 Å². The Morgan fingerprint density at radius 2 is 2.10 bits per heavy atom. The summed E-state index contributed by atoms with van der Waals surface area (Å²) in [5, 5.41) is 5.97. The Labute approximate surface area is 170 Å². The number of hydrogen-bond acceptors (Lipinski definition) is 9. The SMILES string of the molecule is COC1CC(Oc2cc(F)ccc2Nc2ncnc(Cl)c2/C=N/OS(=O)(=O)O)C1. The molecule has 10 nitrogen and oxygen atoms in total. The predicted octanol–water partition coefficient (Wildman–Crippen LogP) is 2.72. The maximum absolute atomic E-state index is 13.7. The number of hydrogen-bond donors (Lipinski definition) is 2. The Bertz CT molecular complexity index is 1020. The summed E-state index contributed by atoms with van der Waals surface area (Å²) in [7, 11) is -3.17. The Morgan fingerprint density at radius 3 is 2.79 bits per heavy atom. The van der Waals surface area contributed by atoms with E-state index in [-0.39, 0.29) is 34.5 Å². The van der Waals surface area contributed by atoms with Crippen molar-refractivity contribution in [2.75, 3.05) is 12.4 Å². The molecule has 0 unspecified atom stereocenters. The van der Waals surface area contributed by atoms with Crippen LogP contribution in [0.1, 0.15) is 18.4 Å². The van der Waals surface area contributed by atoms with E-state index in [1.54, 1.807) is 7.11 Å². The van der Waals surface area contributed by atoms with Crippen LogP contribution in [0.25, 0.3) is 0 Å². The first-order valence-electron chi connectivity index (χ1n) is 8.21. The van der Waals surface area contributed by atoms with Crippen LogP contribution in [0.15, 0.2) is 29.7 Å². The van der Waals surface area contributed by atoms with Crippen LogP contribution < -0.4 is 10.1 Å². The van der Waals surface area contributed by atoms with E-state index in [2.05, 4.69) is 24.7 Å². The Hall–Kier alpha value is -2.54. The van der Waals surface area contributed by atoms with E-state index in [9.17, 15) is 12.8 Å². The van der Waals surface area contributed by atoms with Gasteiger partial charge in [-0.15, -0.1) is 0 Å². The average Bonchev–Trinajstić information content (AvgIpc) is 2.61. The number of nitrogens with zero attached hydrogens (tertiary/aromatic N) is 3. The van der Waals surface area contributed by atoms with Gasteiger partial charge in [-0.1, -0.05) is 16.8 Å². The monoisotopic (exact) mass is 446 g/mol. The molecule has 0 bridgehead atoms. The molecular weight excluding hydrogens is 431 g/mol. The fourth-order valence-corrected chi connectivity index (χ4v) is 2.86. The first kappa shape index (κ1) is 21.2. The summed E-state index contributed by atoms with van der Waals surface area (Å²) in [5.41, 5.74) is 0.448. The molecule has 1 fully saturated rings. The number of rotatable bonds is 8. The molecule has 13 heteroatoms. The van der Waals surface area contributed by atoms with Crippen molar-refractivity contribution in [1.29, 1.82) is 0 Å². The van der Waals surface area contributed by atoms with Crippen molar-refractivity contribution in [3.63, 3.8) is 0 Å². The van der Waals surface area contributed by atoms with Crippen LogP contribution in [0.5, 0.6) is 5.75 Å². The number of methoxy groups -OCH3 is 1. The molecule has 29 heavy (non-hydrogen) atoms. The Morgan fingerprint density at radius 1 is 1.34 bits per heavy atom. The minimum atomic E-state index is -4.78. The van der Waals surface area contributed by atoms with Crippen molar-refractivity contribution in [3.05, 3.63) is 41.1 Å². The maximum atomic E-state index is 13.7. The fraction of sp³-hybridized carbons (Fsp3) is 0.312. The van der Waals surface area contributed by atoms with Crippen LogP contribution in [0.4, 0.5) is 15.9 Å². The summed E-state index contributed by atoms with van der Waals surface area (Å²) in [6, 6.07) is 3.90. The summed E-state index contributed by atoms with van der Waals surface area (Å²) in [6.45, 7) is 0. The smallest absolute Gasteiger partial charge is 0.466 e. The van der Waals surface area contributed by atoms with Crippen molar-refractivity contribution in [3.8, 4) is 5.75 Å². The van der Waals surface area contributed by atoms with Crippen LogP contribution in [-0.2, 0) is 19.4 Å². The molecule has 2 aromatic rings. The lowest BCUT2D eigenvalue weighted by molar-refractivity contribution is -0.0379. The van der Waals surface area contributed by atoms with Gasteiger partial charge in [0.15, 0.2) is 0 Å². The summed E-state index contributed by atoms with van der Waals surface area (Å²) in [6.07, 6.45) is 3.40. The van der Waals surface area contributed by atoms with Crippen LogP contribution >= 0.6 is 11.6 Å². The number of halogens is 2. The third kappa shape index (κ3) is 5.73. The first-order valence-corrected chi connectivity index (χ1v) is 9.95. The molecule has 1 aliphatic rings. The molecule has 0 saturated heterocycles. The van der Waals surface area contributed by atoms with Crippen LogP contribution in [0.3, 0.4) is 0 Å². The van der Waals surface area contributed by atoms with Gasteiger partial charge < -0.3 is 14.8 Å².